The molecule has 0 aliphatic heterocycles. The third kappa shape index (κ3) is 2.47. The quantitative estimate of drug-likeness (QED) is 0.594. The Bertz CT molecular complexity index is 315. The van der Waals surface area contributed by atoms with Crippen molar-refractivity contribution in [3.05, 3.63) is 27.5 Å². The van der Waals surface area contributed by atoms with Gasteiger partial charge >= 0.3 is 0 Å². The van der Waals surface area contributed by atoms with Gasteiger partial charge in [-0.3, -0.25) is 0 Å². The van der Waals surface area contributed by atoms with Crippen LogP contribution in [0.5, 0.6) is 0 Å². The molecule has 1 heterocycles. The first-order valence-corrected chi connectivity index (χ1v) is 5.47. The first kappa shape index (κ1) is 11.0. The summed E-state index contributed by atoms with van der Waals surface area (Å²) < 4.78 is 25.2. The molecule has 0 aromatic carbocycles. The first-order chi connectivity index (χ1) is 6.06. The smallest absolute Gasteiger partial charge is 0.239 e. The van der Waals surface area contributed by atoms with Crippen molar-refractivity contribution in [1.82, 2.24) is 4.98 Å². The average molecular weight is 315 g/mol. The topological polar surface area (TPSA) is 12.9 Å². The van der Waals surface area contributed by atoms with Crippen LogP contribution in [-0.2, 0) is 5.33 Å². The molecule has 0 bridgehead atoms. The molecule has 0 amide bonds. The van der Waals surface area contributed by atoms with Crippen LogP contribution < -0.4 is 0 Å². The lowest BCUT2D eigenvalue weighted by Gasteiger charge is -2.07. The molecule has 0 unspecified atom stereocenters. The van der Waals surface area contributed by atoms with Gasteiger partial charge in [0.1, 0.15) is 10.3 Å². The maximum atomic E-state index is 12.3. The average Bonchev–Trinajstić information content (AvgIpc) is 2.07. The number of alkyl halides is 3. The molecule has 72 valence electrons. The summed E-state index contributed by atoms with van der Waals surface area (Å²) in [4.78, 5) is 3.78. The first-order valence-electron chi connectivity index (χ1n) is 3.56. The maximum Gasteiger partial charge on any atom is 0.280 e. The Kier molecular flexibility index (Phi) is 3.79. The van der Waals surface area contributed by atoms with Crippen molar-refractivity contribution >= 4 is 31.9 Å². The molecule has 0 saturated heterocycles. The Labute approximate surface area is 91.8 Å². The summed E-state index contributed by atoms with van der Waals surface area (Å²) in [6.07, 6.45) is -2.51. The summed E-state index contributed by atoms with van der Waals surface area (Å²) in [7, 11) is 0. The molecule has 0 aliphatic rings. The predicted molar refractivity (Wildman–Crippen MR) is 54.3 cm³/mol. The number of pyridine rings is 1. The van der Waals surface area contributed by atoms with Gasteiger partial charge in [-0.25, -0.2) is 13.8 Å². The molecule has 1 aromatic heterocycles. The van der Waals surface area contributed by atoms with Crippen LogP contribution in [-0.4, -0.2) is 4.98 Å². The molecule has 0 N–H and O–H groups in total. The Morgan fingerprint density at radius 2 is 2.15 bits per heavy atom. The Morgan fingerprint density at radius 3 is 2.62 bits per heavy atom. The number of hydrogen-bond donors (Lipinski definition) is 0. The number of halogens is 4. The molecule has 0 radical (unpaired) electrons. The minimum Gasteiger partial charge on any atom is -0.239 e. The minimum absolute atomic E-state index is 0.156. The molecular weight excluding hydrogens is 308 g/mol. The minimum atomic E-state index is -2.51. The van der Waals surface area contributed by atoms with Crippen molar-refractivity contribution in [3.8, 4) is 0 Å². The Morgan fingerprint density at radius 1 is 1.54 bits per heavy atom. The number of nitrogens with zero attached hydrogens (tertiary/aromatic N) is 1. The van der Waals surface area contributed by atoms with E-state index in [1.165, 1.54) is 0 Å². The van der Waals surface area contributed by atoms with E-state index in [4.69, 9.17) is 0 Å². The molecule has 0 fully saturated rings. The second-order valence-electron chi connectivity index (χ2n) is 2.57. The summed E-state index contributed by atoms with van der Waals surface area (Å²) in [6.45, 7) is 1.63. The van der Waals surface area contributed by atoms with Gasteiger partial charge in [0.2, 0.25) is 0 Å². The van der Waals surface area contributed by atoms with E-state index in [0.29, 0.717) is 15.5 Å². The lowest BCUT2D eigenvalue weighted by Crippen LogP contribution is -1.98. The highest BCUT2D eigenvalue weighted by atomic mass is 79.9. The van der Waals surface area contributed by atoms with Crippen molar-refractivity contribution in [1.29, 1.82) is 0 Å². The van der Waals surface area contributed by atoms with Crippen LogP contribution in [0.4, 0.5) is 8.78 Å². The van der Waals surface area contributed by atoms with Gasteiger partial charge in [-0.1, -0.05) is 22.0 Å². The Balaban J connectivity index is 3.20. The van der Waals surface area contributed by atoms with Crippen LogP contribution >= 0.6 is 31.9 Å². The van der Waals surface area contributed by atoms with Crippen molar-refractivity contribution in [3.63, 3.8) is 0 Å². The van der Waals surface area contributed by atoms with Gasteiger partial charge < -0.3 is 0 Å². The van der Waals surface area contributed by atoms with Crippen molar-refractivity contribution in [2.75, 3.05) is 0 Å². The van der Waals surface area contributed by atoms with Crippen LogP contribution in [0, 0.1) is 6.92 Å². The molecule has 0 saturated carbocycles. The highest BCUT2D eigenvalue weighted by molar-refractivity contribution is 9.10. The van der Waals surface area contributed by atoms with E-state index in [9.17, 15) is 8.78 Å². The number of aryl methyl sites for hydroxylation is 1. The zero-order chi connectivity index (χ0) is 10.0. The van der Waals surface area contributed by atoms with Crippen molar-refractivity contribution in [2.45, 2.75) is 18.7 Å². The van der Waals surface area contributed by atoms with Crippen LogP contribution in [0.1, 0.15) is 23.2 Å². The van der Waals surface area contributed by atoms with Crippen LogP contribution in [0.15, 0.2) is 10.7 Å². The van der Waals surface area contributed by atoms with E-state index in [1.54, 1.807) is 13.0 Å². The summed E-state index contributed by atoms with van der Waals surface area (Å²) in [6, 6.07) is 1.70. The lowest BCUT2D eigenvalue weighted by atomic mass is 10.2. The van der Waals surface area contributed by atoms with E-state index < -0.39 is 6.43 Å². The monoisotopic (exact) mass is 313 g/mol. The summed E-state index contributed by atoms with van der Waals surface area (Å²) in [5.41, 5.74) is 1.24. The van der Waals surface area contributed by atoms with Crippen molar-refractivity contribution in [2.24, 2.45) is 0 Å². The second-order valence-corrected chi connectivity index (χ2v) is 3.89. The zero-order valence-corrected chi connectivity index (χ0v) is 9.99. The molecule has 1 aromatic rings. The highest BCUT2D eigenvalue weighted by Crippen LogP contribution is 2.26. The number of aromatic nitrogens is 1. The van der Waals surface area contributed by atoms with E-state index >= 15 is 0 Å². The second kappa shape index (κ2) is 4.46. The molecular formula is C8H7Br2F2N. The zero-order valence-electron chi connectivity index (χ0n) is 6.82. The Hall–Kier alpha value is -0.0300. The van der Waals surface area contributed by atoms with Gasteiger partial charge in [-0.15, -0.1) is 0 Å². The van der Waals surface area contributed by atoms with Gasteiger partial charge in [-0.2, -0.15) is 0 Å². The van der Waals surface area contributed by atoms with Crippen LogP contribution in [0.25, 0.3) is 0 Å². The standard InChI is InChI=1S/C8H7Br2F2N/c1-4-2-5(3-9)7(10)13-6(4)8(11)12/h2,8H,3H2,1H3. The molecule has 1 nitrogen and oxygen atoms in total. The van der Waals surface area contributed by atoms with Crippen molar-refractivity contribution < 1.29 is 8.78 Å². The van der Waals surface area contributed by atoms with E-state index in [2.05, 4.69) is 36.8 Å². The van der Waals surface area contributed by atoms with Gasteiger partial charge in [0, 0.05) is 5.33 Å². The van der Waals surface area contributed by atoms with E-state index in [0.717, 1.165) is 5.56 Å². The molecule has 0 spiro atoms. The number of rotatable bonds is 2. The predicted octanol–water partition coefficient (Wildman–Crippen LogP) is 3.99. The van der Waals surface area contributed by atoms with Crippen LogP contribution in [0.3, 0.4) is 0 Å². The summed E-state index contributed by atoms with van der Waals surface area (Å²) >= 11 is 6.38. The van der Waals surface area contributed by atoms with Gasteiger partial charge in [-0.05, 0) is 34.0 Å². The normalized spacial score (nSPS) is 10.9. The lowest BCUT2D eigenvalue weighted by molar-refractivity contribution is 0.145. The fraction of sp³-hybridized carbons (Fsp3) is 0.375. The molecule has 0 atom stereocenters. The number of hydrogen-bond acceptors (Lipinski definition) is 1. The maximum absolute atomic E-state index is 12.3. The molecule has 5 heteroatoms. The third-order valence-corrected chi connectivity index (χ3v) is 2.92. The SMILES string of the molecule is Cc1cc(CBr)c(Br)nc1C(F)F. The fourth-order valence-electron chi connectivity index (χ4n) is 0.975. The summed E-state index contributed by atoms with van der Waals surface area (Å²) in [5, 5.41) is 0.602. The van der Waals surface area contributed by atoms with Gasteiger partial charge in [0.15, 0.2) is 0 Å². The summed E-state index contributed by atoms with van der Waals surface area (Å²) in [5.74, 6) is 0. The molecule has 0 aliphatic carbocycles. The third-order valence-electron chi connectivity index (χ3n) is 1.63. The van der Waals surface area contributed by atoms with E-state index in [1.807, 2.05) is 0 Å². The molecule has 13 heavy (non-hydrogen) atoms. The van der Waals surface area contributed by atoms with Crippen LogP contribution in [0.2, 0.25) is 0 Å². The fourth-order valence-corrected chi connectivity index (χ4v) is 2.22. The largest absolute Gasteiger partial charge is 0.280 e. The van der Waals surface area contributed by atoms with Gasteiger partial charge in [0.05, 0.1) is 0 Å². The van der Waals surface area contributed by atoms with Gasteiger partial charge in [0.25, 0.3) is 6.43 Å². The highest BCUT2D eigenvalue weighted by Gasteiger charge is 2.14. The van der Waals surface area contributed by atoms with E-state index in [-0.39, 0.29) is 5.69 Å². The molecule has 1 rings (SSSR count).